The molecular formula is C55H61ClN6O9S2. The number of nitrogens with one attached hydrogen (secondary N) is 3. The molecule has 1 fully saturated rings. The van der Waals surface area contributed by atoms with E-state index in [1.165, 1.54) is 41.3 Å². The van der Waals surface area contributed by atoms with Gasteiger partial charge in [-0.15, -0.1) is 0 Å². The number of hydrogen-bond acceptors (Lipinski definition) is 11. The number of oxazole rings is 1. The first-order valence-corrected chi connectivity index (χ1v) is 27.6. The monoisotopic (exact) mass is 1050 g/mol. The van der Waals surface area contributed by atoms with Gasteiger partial charge in [0.05, 0.1) is 33.2 Å². The number of aryl methyl sites for hydroxylation is 1. The highest BCUT2D eigenvalue weighted by molar-refractivity contribution is 7.93. The van der Waals surface area contributed by atoms with Crippen LogP contribution in [0.5, 0.6) is 0 Å². The summed E-state index contributed by atoms with van der Waals surface area (Å²) >= 11 is 6.55. The number of sulfonamides is 2. The van der Waals surface area contributed by atoms with Crippen molar-refractivity contribution in [2.24, 2.45) is 10.8 Å². The van der Waals surface area contributed by atoms with E-state index in [4.69, 9.17) is 25.7 Å². The zero-order valence-corrected chi connectivity index (χ0v) is 45.0. The lowest BCUT2D eigenvalue weighted by Crippen LogP contribution is -2.48. The number of benzene rings is 5. The van der Waals surface area contributed by atoms with E-state index in [1.807, 2.05) is 25.1 Å². The second-order valence-corrected chi connectivity index (χ2v) is 25.3. The van der Waals surface area contributed by atoms with Crippen LogP contribution in [-0.4, -0.2) is 58.0 Å². The molecule has 0 aliphatic heterocycles. The van der Waals surface area contributed by atoms with Crippen LogP contribution >= 0.6 is 11.6 Å². The van der Waals surface area contributed by atoms with Crippen LogP contribution in [-0.2, 0) is 39.8 Å². The van der Waals surface area contributed by atoms with Crippen molar-refractivity contribution in [3.05, 3.63) is 119 Å². The van der Waals surface area contributed by atoms with Crippen molar-refractivity contribution >= 4 is 106 Å². The summed E-state index contributed by atoms with van der Waals surface area (Å²) in [6.45, 7) is 17.7. The van der Waals surface area contributed by atoms with E-state index in [-0.39, 0.29) is 60.7 Å². The lowest BCUT2D eigenvalue weighted by atomic mass is 9.72. The second-order valence-electron chi connectivity index (χ2n) is 21.5. The van der Waals surface area contributed by atoms with E-state index < -0.39 is 49.3 Å². The molecule has 1 aliphatic carbocycles. The summed E-state index contributed by atoms with van der Waals surface area (Å²) in [5.41, 5.74) is 3.27. The van der Waals surface area contributed by atoms with Gasteiger partial charge in [-0.2, -0.15) is 5.26 Å². The number of amides is 2. The average molecular weight is 1050 g/mol. The van der Waals surface area contributed by atoms with Gasteiger partial charge in [0, 0.05) is 27.9 Å². The normalized spacial score (nSPS) is 14.4. The SMILES string of the molecule is Cc1cc(N(C(=O)OC(C(=O)Nc2cc(NS(=O)(=O)c3ccc(NS(C)(=O)=O)c4ccccc34)ccc2Cl)C(=O)C(C)(C)C)C2CCCC2)ccc1C=C(C#N)c1nc2cc(C(C)(C)CC(C)(C)C)ccc2o1. The lowest BCUT2D eigenvalue weighted by molar-refractivity contribution is -0.142. The number of anilines is 4. The quantitative estimate of drug-likeness (QED) is 0.0649. The maximum absolute atomic E-state index is 14.5. The Hall–Kier alpha value is -6.74. The molecular weight excluding hydrogens is 988 g/mol. The topological polar surface area (TPSA) is 218 Å². The van der Waals surface area contributed by atoms with Gasteiger partial charge in [-0.1, -0.05) is 116 Å². The molecule has 0 bridgehead atoms. The molecule has 15 nitrogen and oxygen atoms in total. The molecule has 0 radical (unpaired) electrons. The van der Waals surface area contributed by atoms with Gasteiger partial charge >= 0.3 is 6.09 Å². The Morgan fingerprint density at radius 2 is 1.56 bits per heavy atom. The molecule has 7 rings (SSSR count). The van der Waals surface area contributed by atoms with E-state index in [0.29, 0.717) is 46.1 Å². The Balaban J connectivity index is 1.14. The van der Waals surface area contributed by atoms with Crippen LogP contribution in [0.3, 0.4) is 0 Å². The Morgan fingerprint density at radius 1 is 0.877 bits per heavy atom. The molecule has 1 aliphatic rings. The molecule has 5 aromatic carbocycles. The molecule has 73 heavy (non-hydrogen) atoms. The number of carbonyl (C=O) groups is 3. The van der Waals surface area contributed by atoms with Crippen LogP contribution in [0.4, 0.5) is 27.5 Å². The molecule has 2 amide bonds. The summed E-state index contributed by atoms with van der Waals surface area (Å²) in [5.74, 6) is -1.55. The summed E-state index contributed by atoms with van der Waals surface area (Å²) in [5, 5.41) is 13.5. The van der Waals surface area contributed by atoms with Gasteiger partial charge in [0.2, 0.25) is 22.0 Å². The van der Waals surface area contributed by atoms with Crippen molar-refractivity contribution in [1.82, 2.24) is 4.98 Å². The fourth-order valence-corrected chi connectivity index (χ4v) is 11.5. The number of nitrogens with zero attached hydrogens (tertiary/aromatic N) is 3. The number of fused-ring (bicyclic) bond motifs is 2. The average Bonchev–Trinajstić information content (AvgIpc) is 3.98. The highest BCUT2D eigenvalue weighted by Crippen LogP contribution is 2.39. The van der Waals surface area contributed by atoms with Gasteiger partial charge in [0.1, 0.15) is 17.2 Å². The molecule has 6 aromatic rings. The number of nitriles is 1. The molecule has 1 unspecified atom stereocenters. The number of hydrogen-bond donors (Lipinski definition) is 3. The first kappa shape index (κ1) is 54.0. The zero-order valence-electron chi connectivity index (χ0n) is 42.6. The van der Waals surface area contributed by atoms with Crippen LogP contribution in [0.1, 0.15) is 110 Å². The van der Waals surface area contributed by atoms with Crippen molar-refractivity contribution in [2.75, 3.05) is 25.9 Å². The highest BCUT2D eigenvalue weighted by Gasteiger charge is 2.41. The van der Waals surface area contributed by atoms with E-state index in [2.05, 4.69) is 55.4 Å². The summed E-state index contributed by atoms with van der Waals surface area (Å²) in [6, 6.07) is 26.1. The third kappa shape index (κ3) is 12.7. The Bertz CT molecular complexity index is 3450. The molecule has 384 valence electrons. The summed E-state index contributed by atoms with van der Waals surface area (Å²) in [6.07, 6.45) is 3.68. The van der Waals surface area contributed by atoms with Gasteiger partial charge in [-0.3, -0.25) is 23.9 Å². The number of halogens is 1. The van der Waals surface area contributed by atoms with E-state index in [9.17, 15) is 36.5 Å². The second kappa shape index (κ2) is 20.6. The van der Waals surface area contributed by atoms with Crippen LogP contribution in [0.25, 0.3) is 33.5 Å². The molecule has 18 heteroatoms. The predicted molar refractivity (Wildman–Crippen MR) is 289 cm³/mol. The summed E-state index contributed by atoms with van der Waals surface area (Å²) in [7, 11) is -8.03. The number of ketones is 1. The first-order chi connectivity index (χ1) is 34.0. The maximum atomic E-state index is 14.5. The molecule has 0 spiro atoms. The van der Waals surface area contributed by atoms with E-state index in [1.54, 1.807) is 63.2 Å². The molecule has 1 saturated carbocycles. The molecule has 1 aromatic heterocycles. The summed E-state index contributed by atoms with van der Waals surface area (Å²) < 4.78 is 68.8. The van der Waals surface area contributed by atoms with Crippen molar-refractivity contribution < 1.29 is 40.4 Å². The minimum atomic E-state index is -4.35. The molecule has 1 heterocycles. The van der Waals surface area contributed by atoms with Crippen molar-refractivity contribution in [3.63, 3.8) is 0 Å². The third-order valence-corrected chi connectivity index (χ3v) is 14.9. The number of carbonyl (C=O) groups excluding carboxylic acids is 3. The van der Waals surface area contributed by atoms with Gasteiger partial charge in [-0.05, 0) is 114 Å². The van der Waals surface area contributed by atoms with Crippen molar-refractivity contribution in [2.45, 2.75) is 117 Å². The van der Waals surface area contributed by atoms with Crippen LogP contribution < -0.4 is 19.7 Å². The maximum Gasteiger partial charge on any atom is 0.415 e. The first-order valence-electron chi connectivity index (χ1n) is 23.8. The molecule has 0 saturated heterocycles. The minimum absolute atomic E-state index is 0.0103. The van der Waals surface area contributed by atoms with Crippen molar-refractivity contribution in [1.29, 1.82) is 5.26 Å². The van der Waals surface area contributed by atoms with Gasteiger partial charge in [-0.25, -0.2) is 26.6 Å². The Morgan fingerprint density at radius 3 is 2.19 bits per heavy atom. The smallest absolute Gasteiger partial charge is 0.415 e. The van der Waals surface area contributed by atoms with E-state index >= 15 is 0 Å². The Kier molecular flexibility index (Phi) is 15.3. The van der Waals surface area contributed by atoms with E-state index in [0.717, 1.165) is 31.1 Å². The minimum Gasteiger partial charge on any atom is -0.435 e. The molecule has 1 atom stereocenters. The highest BCUT2D eigenvalue weighted by atomic mass is 35.5. The largest absolute Gasteiger partial charge is 0.435 e. The summed E-state index contributed by atoms with van der Waals surface area (Å²) in [4.78, 5) is 48.9. The number of allylic oxidation sites excluding steroid dienone is 1. The van der Waals surface area contributed by atoms with Crippen LogP contribution in [0.2, 0.25) is 5.02 Å². The number of Topliss-reactive ketones (excluding diaryl/α,β-unsaturated/α-hetero) is 1. The van der Waals surface area contributed by atoms with Crippen molar-refractivity contribution in [3.8, 4) is 6.07 Å². The Labute approximate surface area is 432 Å². The fourth-order valence-electron chi connectivity index (χ4n) is 9.45. The van der Waals surface area contributed by atoms with Crippen LogP contribution in [0, 0.1) is 29.1 Å². The number of aromatic nitrogens is 1. The lowest BCUT2D eigenvalue weighted by Gasteiger charge is -2.32. The standard InChI is InChI=1S/C55H61ClN6O9S2/c1-33-27-39(22-19-34(33)28-35(31-57)51-59-45-29-36(20-25-46(45)70-51)55(8,9)32-53(2,3)4)62(38-15-11-12-16-38)52(65)71-48(49(63)54(5,6)7)50(64)58-44-30-37(21-23-42(44)56)60-73(68,69)47-26-24-43(61-72(10,66)67)40-17-13-14-18-41(40)47/h13-14,17-30,38,48,60-61H,11-12,15-16,32H2,1-10H3,(H,58,64). The number of ether oxygens (including phenoxy) is 1. The van der Waals surface area contributed by atoms with Gasteiger partial charge in [0.15, 0.2) is 11.4 Å². The predicted octanol–water partition coefficient (Wildman–Crippen LogP) is 12.4. The number of rotatable bonds is 15. The van der Waals surface area contributed by atoms with Crippen LogP contribution in [0.15, 0.2) is 100 Å². The fraction of sp³-hybridized carbons (Fsp3) is 0.364. The van der Waals surface area contributed by atoms with Gasteiger partial charge < -0.3 is 14.5 Å². The zero-order chi connectivity index (χ0) is 53.4. The van der Waals surface area contributed by atoms with Gasteiger partial charge in [0.25, 0.3) is 15.9 Å². The molecule has 3 N–H and O–H groups in total. The third-order valence-electron chi connectivity index (χ3n) is 12.6.